The van der Waals surface area contributed by atoms with Gasteiger partial charge in [-0.2, -0.15) is 0 Å². The fraction of sp³-hybridized carbons (Fsp3) is 0.500. The number of benzene rings is 1. The lowest BCUT2D eigenvalue weighted by atomic mass is 10.1. The molecule has 0 aliphatic heterocycles. The lowest BCUT2D eigenvalue weighted by Crippen LogP contribution is -2.38. The van der Waals surface area contributed by atoms with E-state index in [4.69, 9.17) is 19.2 Å². The standard InChI is InChI=1S/C20H30N4O3S/c1-7-21-20(24(3)12-15-13-28-14(2)23-15)22-9-8-17-18(26-5)10-16(25-4)11-19(17)27-6/h10-11,13H,7-9,12H2,1-6H3,(H,21,22). The van der Waals surface area contributed by atoms with E-state index in [1.807, 2.05) is 26.1 Å². The summed E-state index contributed by atoms with van der Waals surface area (Å²) < 4.78 is 16.4. The van der Waals surface area contributed by atoms with Gasteiger partial charge >= 0.3 is 0 Å². The summed E-state index contributed by atoms with van der Waals surface area (Å²) >= 11 is 1.66. The third kappa shape index (κ3) is 5.76. The fourth-order valence-corrected chi connectivity index (χ4v) is 3.47. The quantitative estimate of drug-likeness (QED) is 0.510. The number of thiazole rings is 1. The lowest BCUT2D eigenvalue weighted by Gasteiger charge is -2.21. The molecule has 7 nitrogen and oxygen atoms in total. The lowest BCUT2D eigenvalue weighted by molar-refractivity contribution is 0.369. The van der Waals surface area contributed by atoms with Crippen LogP contribution >= 0.6 is 11.3 Å². The number of hydrogen-bond acceptors (Lipinski definition) is 6. The number of guanidine groups is 1. The van der Waals surface area contributed by atoms with Crippen LogP contribution in [-0.2, 0) is 13.0 Å². The van der Waals surface area contributed by atoms with E-state index in [1.165, 1.54) is 0 Å². The molecule has 8 heteroatoms. The number of ether oxygens (including phenoxy) is 3. The Labute approximate surface area is 171 Å². The van der Waals surface area contributed by atoms with Crippen LogP contribution in [0, 0.1) is 6.92 Å². The molecule has 0 aliphatic carbocycles. The third-order valence-electron chi connectivity index (χ3n) is 4.20. The van der Waals surface area contributed by atoms with Crippen LogP contribution in [0.1, 0.15) is 23.2 Å². The average molecular weight is 407 g/mol. The van der Waals surface area contributed by atoms with E-state index in [9.17, 15) is 0 Å². The maximum atomic E-state index is 5.52. The first-order valence-electron chi connectivity index (χ1n) is 9.21. The molecular formula is C20H30N4O3S. The monoisotopic (exact) mass is 406 g/mol. The topological polar surface area (TPSA) is 68.2 Å². The first-order valence-corrected chi connectivity index (χ1v) is 10.1. The molecule has 1 aromatic heterocycles. The number of rotatable bonds is 9. The second-order valence-electron chi connectivity index (χ2n) is 6.21. The van der Waals surface area contributed by atoms with Crippen LogP contribution in [0.3, 0.4) is 0 Å². The molecule has 154 valence electrons. The SMILES string of the molecule is CCNC(=NCCc1c(OC)cc(OC)cc1OC)N(C)Cc1csc(C)n1. The van der Waals surface area contributed by atoms with Crippen molar-refractivity contribution in [3.8, 4) is 17.2 Å². The van der Waals surface area contributed by atoms with E-state index in [2.05, 4.69) is 27.5 Å². The van der Waals surface area contributed by atoms with Crippen molar-refractivity contribution in [3.05, 3.63) is 33.8 Å². The molecule has 0 bridgehead atoms. The zero-order valence-electron chi connectivity index (χ0n) is 17.5. The number of aryl methyl sites for hydroxylation is 1. The number of methoxy groups -OCH3 is 3. The molecule has 1 heterocycles. The highest BCUT2D eigenvalue weighted by atomic mass is 32.1. The van der Waals surface area contributed by atoms with Crippen molar-refractivity contribution < 1.29 is 14.2 Å². The molecule has 0 unspecified atom stereocenters. The van der Waals surface area contributed by atoms with Gasteiger partial charge in [0.25, 0.3) is 0 Å². The highest BCUT2D eigenvalue weighted by Crippen LogP contribution is 2.34. The summed E-state index contributed by atoms with van der Waals surface area (Å²) in [5, 5.41) is 6.50. The van der Waals surface area contributed by atoms with Gasteiger partial charge in [0.1, 0.15) is 17.2 Å². The summed E-state index contributed by atoms with van der Waals surface area (Å²) in [7, 11) is 6.94. The Morgan fingerprint density at radius 2 is 1.86 bits per heavy atom. The summed E-state index contributed by atoms with van der Waals surface area (Å²) in [5.74, 6) is 3.03. The van der Waals surface area contributed by atoms with Gasteiger partial charge in [0.15, 0.2) is 5.96 Å². The third-order valence-corrected chi connectivity index (χ3v) is 5.02. The zero-order valence-corrected chi connectivity index (χ0v) is 18.4. The summed E-state index contributed by atoms with van der Waals surface area (Å²) in [5.41, 5.74) is 2.03. The molecule has 1 N–H and O–H groups in total. The number of aromatic nitrogens is 1. The van der Waals surface area contributed by atoms with Crippen molar-refractivity contribution >= 4 is 17.3 Å². The van der Waals surface area contributed by atoms with Crippen molar-refractivity contribution in [2.75, 3.05) is 41.5 Å². The Balaban J connectivity index is 2.13. The predicted octanol–water partition coefficient (Wildman–Crippen LogP) is 3.12. The first kappa shape index (κ1) is 21.8. The molecule has 0 atom stereocenters. The van der Waals surface area contributed by atoms with E-state index in [0.29, 0.717) is 25.3 Å². The minimum absolute atomic E-state index is 0.599. The van der Waals surface area contributed by atoms with Gasteiger partial charge in [-0.15, -0.1) is 11.3 Å². The van der Waals surface area contributed by atoms with Crippen LogP contribution in [0.5, 0.6) is 17.2 Å². The van der Waals surface area contributed by atoms with Gasteiger partial charge in [0.2, 0.25) is 0 Å². The van der Waals surface area contributed by atoms with Gasteiger partial charge in [-0.3, -0.25) is 4.99 Å². The number of hydrogen-bond donors (Lipinski definition) is 1. The van der Waals surface area contributed by atoms with E-state index in [-0.39, 0.29) is 0 Å². The molecule has 0 fully saturated rings. The van der Waals surface area contributed by atoms with Gasteiger partial charge in [0.05, 0.1) is 38.6 Å². The van der Waals surface area contributed by atoms with Crippen LogP contribution in [0.25, 0.3) is 0 Å². The summed E-state index contributed by atoms with van der Waals surface area (Å²) in [4.78, 5) is 11.4. The maximum Gasteiger partial charge on any atom is 0.194 e. The van der Waals surface area contributed by atoms with Crippen molar-refractivity contribution in [2.45, 2.75) is 26.8 Å². The smallest absolute Gasteiger partial charge is 0.194 e. The van der Waals surface area contributed by atoms with Crippen molar-refractivity contribution in [3.63, 3.8) is 0 Å². The Hall–Kier alpha value is -2.48. The summed E-state index contributed by atoms with van der Waals surface area (Å²) in [6.45, 7) is 6.19. The van der Waals surface area contributed by atoms with Gasteiger partial charge in [0, 0.05) is 43.2 Å². The van der Waals surface area contributed by atoms with Crippen molar-refractivity contribution in [2.24, 2.45) is 4.99 Å². The largest absolute Gasteiger partial charge is 0.496 e. The normalized spacial score (nSPS) is 11.3. The molecule has 1 aromatic carbocycles. The Morgan fingerprint density at radius 3 is 2.36 bits per heavy atom. The van der Waals surface area contributed by atoms with Crippen LogP contribution in [-0.4, -0.2) is 57.3 Å². The molecule has 0 saturated carbocycles. The average Bonchev–Trinajstić information content (AvgIpc) is 3.11. The molecular weight excluding hydrogens is 376 g/mol. The van der Waals surface area contributed by atoms with E-state index >= 15 is 0 Å². The number of nitrogens with zero attached hydrogens (tertiary/aromatic N) is 3. The van der Waals surface area contributed by atoms with E-state index in [1.54, 1.807) is 32.7 Å². The van der Waals surface area contributed by atoms with E-state index in [0.717, 1.165) is 40.3 Å². The predicted molar refractivity (Wildman–Crippen MR) is 114 cm³/mol. The summed E-state index contributed by atoms with van der Waals surface area (Å²) in [6, 6.07) is 3.73. The maximum absolute atomic E-state index is 5.52. The molecule has 2 rings (SSSR count). The van der Waals surface area contributed by atoms with Crippen LogP contribution < -0.4 is 19.5 Å². The van der Waals surface area contributed by atoms with Gasteiger partial charge in [-0.05, 0) is 20.3 Å². The second kappa shape index (κ2) is 10.8. The number of nitrogens with one attached hydrogen (secondary N) is 1. The molecule has 28 heavy (non-hydrogen) atoms. The number of aliphatic imine (C=N–C) groups is 1. The van der Waals surface area contributed by atoms with Crippen LogP contribution in [0.2, 0.25) is 0 Å². The molecule has 2 aromatic rings. The van der Waals surface area contributed by atoms with Gasteiger partial charge in [-0.25, -0.2) is 4.98 Å². The second-order valence-corrected chi connectivity index (χ2v) is 7.27. The Kier molecular flexibility index (Phi) is 8.38. The van der Waals surface area contributed by atoms with Crippen molar-refractivity contribution in [1.29, 1.82) is 0 Å². The molecule has 0 radical (unpaired) electrons. The molecule has 0 amide bonds. The van der Waals surface area contributed by atoms with Gasteiger partial charge in [-0.1, -0.05) is 0 Å². The Morgan fingerprint density at radius 1 is 1.18 bits per heavy atom. The molecule has 0 aliphatic rings. The van der Waals surface area contributed by atoms with E-state index < -0.39 is 0 Å². The fourth-order valence-electron chi connectivity index (χ4n) is 2.87. The highest BCUT2D eigenvalue weighted by Gasteiger charge is 2.14. The molecule has 0 saturated heterocycles. The van der Waals surface area contributed by atoms with Crippen LogP contribution in [0.15, 0.2) is 22.5 Å². The minimum Gasteiger partial charge on any atom is -0.496 e. The van der Waals surface area contributed by atoms with Crippen molar-refractivity contribution in [1.82, 2.24) is 15.2 Å². The molecule has 0 spiro atoms. The van der Waals surface area contributed by atoms with Gasteiger partial charge < -0.3 is 24.4 Å². The van der Waals surface area contributed by atoms with Crippen LogP contribution in [0.4, 0.5) is 0 Å². The summed E-state index contributed by atoms with van der Waals surface area (Å²) in [6.07, 6.45) is 0.689. The minimum atomic E-state index is 0.599. The Bertz CT molecular complexity index is 767. The zero-order chi connectivity index (χ0) is 20.5. The highest BCUT2D eigenvalue weighted by molar-refractivity contribution is 7.09. The first-order chi connectivity index (χ1) is 13.5.